The minimum absolute atomic E-state index is 0.0988. The molecule has 94 valence electrons. The summed E-state index contributed by atoms with van der Waals surface area (Å²) in [5, 5.41) is 5.71. The van der Waals surface area contributed by atoms with Gasteiger partial charge in [-0.05, 0) is 31.5 Å². The van der Waals surface area contributed by atoms with Gasteiger partial charge >= 0.3 is 0 Å². The summed E-state index contributed by atoms with van der Waals surface area (Å²) in [4.78, 5) is 16.3. The number of nitrogens with two attached hydrogens (primary N) is 1. The highest BCUT2D eigenvalue weighted by Crippen LogP contribution is 2.18. The molecule has 3 N–H and O–H groups in total. The molecule has 18 heavy (non-hydrogen) atoms. The minimum atomic E-state index is -0.123. The average Bonchev–Trinajstić information content (AvgIpc) is 2.86. The van der Waals surface area contributed by atoms with Gasteiger partial charge in [0.25, 0.3) is 5.91 Å². The van der Waals surface area contributed by atoms with E-state index in [0.717, 1.165) is 10.6 Å². The number of amides is 1. The summed E-state index contributed by atoms with van der Waals surface area (Å²) in [5.41, 5.74) is 7.84. The molecule has 1 aromatic carbocycles. The van der Waals surface area contributed by atoms with E-state index >= 15 is 0 Å². The molecule has 1 unspecified atom stereocenters. The Hall–Kier alpha value is -1.88. The Morgan fingerprint density at radius 1 is 1.50 bits per heavy atom. The Morgan fingerprint density at radius 2 is 2.28 bits per heavy atom. The number of hydrogen-bond acceptors (Lipinski definition) is 4. The largest absolute Gasteiger partial charge is 0.398 e. The van der Waals surface area contributed by atoms with Crippen molar-refractivity contribution in [2.45, 2.75) is 19.9 Å². The van der Waals surface area contributed by atoms with E-state index < -0.39 is 0 Å². The lowest BCUT2D eigenvalue weighted by Crippen LogP contribution is -2.27. The first-order valence-electron chi connectivity index (χ1n) is 5.65. The number of nitrogens with zero attached hydrogens (tertiary/aromatic N) is 1. The molecule has 2 aromatic rings. The van der Waals surface area contributed by atoms with E-state index in [-0.39, 0.29) is 11.9 Å². The molecule has 1 heterocycles. The summed E-state index contributed by atoms with van der Waals surface area (Å²) < 4.78 is 0. The van der Waals surface area contributed by atoms with Gasteiger partial charge in [-0.1, -0.05) is 6.07 Å². The van der Waals surface area contributed by atoms with Gasteiger partial charge in [0.15, 0.2) is 0 Å². The maximum atomic E-state index is 12.1. The first kappa shape index (κ1) is 12.6. The van der Waals surface area contributed by atoms with Crippen molar-refractivity contribution < 1.29 is 4.79 Å². The summed E-state index contributed by atoms with van der Waals surface area (Å²) in [6, 6.07) is 5.25. The molecule has 0 saturated heterocycles. The number of nitrogens with one attached hydrogen (secondary N) is 1. The fraction of sp³-hybridized carbons (Fsp3) is 0.231. The highest BCUT2D eigenvalue weighted by molar-refractivity contribution is 7.09. The summed E-state index contributed by atoms with van der Waals surface area (Å²) in [6.07, 6.45) is 1.73. The third-order valence-corrected chi connectivity index (χ3v) is 3.75. The molecule has 4 nitrogen and oxygen atoms in total. The second-order valence-corrected chi connectivity index (χ2v) is 5.01. The molecular formula is C13H15N3OS. The summed E-state index contributed by atoms with van der Waals surface area (Å²) in [6.45, 7) is 3.76. The van der Waals surface area contributed by atoms with Gasteiger partial charge in [0.1, 0.15) is 5.01 Å². The van der Waals surface area contributed by atoms with E-state index in [1.807, 2.05) is 19.2 Å². The molecule has 5 heteroatoms. The summed E-state index contributed by atoms with van der Waals surface area (Å²) >= 11 is 1.53. The van der Waals surface area contributed by atoms with Crippen LogP contribution in [0.5, 0.6) is 0 Å². The molecule has 0 aliphatic carbocycles. The molecule has 0 saturated carbocycles. The van der Waals surface area contributed by atoms with Crippen LogP contribution in [0.3, 0.4) is 0 Å². The lowest BCUT2D eigenvalue weighted by atomic mass is 10.1. The van der Waals surface area contributed by atoms with Crippen molar-refractivity contribution >= 4 is 22.9 Å². The van der Waals surface area contributed by atoms with Gasteiger partial charge in [0.05, 0.1) is 6.04 Å². The number of benzene rings is 1. The number of rotatable bonds is 3. The molecule has 0 radical (unpaired) electrons. The molecule has 2 rings (SSSR count). The first-order chi connectivity index (χ1) is 8.59. The van der Waals surface area contributed by atoms with Crippen molar-refractivity contribution in [1.29, 1.82) is 0 Å². The summed E-state index contributed by atoms with van der Waals surface area (Å²) in [5.74, 6) is -0.123. The normalized spacial score (nSPS) is 12.1. The second kappa shape index (κ2) is 5.18. The molecule has 1 amide bonds. The third-order valence-electron chi connectivity index (χ3n) is 2.79. The summed E-state index contributed by atoms with van der Waals surface area (Å²) in [7, 11) is 0. The second-order valence-electron chi connectivity index (χ2n) is 4.09. The number of carbonyl (C=O) groups is 1. The zero-order valence-electron chi connectivity index (χ0n) is 10.3. The Labute approximate surface area is 110 Å². The number of anilines is 1. The van der Waals surface area contributed by atoms with Gasteiger partial charge in [-0.15, -0.1) is 11.3 Å². The van der Waals surface area contributed by atoms with E-state index in [1.54, 1.807) is 24.4 Å². The van der Waals surface area contributed by atoms with E-state index in [2.05, 4.69) is 10.3 Å². The van der Waals surface area contributed by atoms with Crippen LogP contribution in [0, 0.1) is 6.92 Å². The Bertz CT molecular complexity index is 551. The van der Waals surface area contributed by atoms with E-state index in [0.29, 0.717) is 11.3 Å². The molecule has 1 aromatic heterocycles. The van der Waals surface area contributed by atoms with Crippen LogP contribution >= 0.6 is 11.3 Å². The first-order valence-corrected chi connectivity index (χ1v) is 6.53. The zero-order chi connectivity index (χ0) is 13.1. The number of hydrogen-bond donors (Lipinski definition) is 2. The van der Waals surface area contributed by atoms with Gasteiger partial charge in [0.2, 0.25) is 0 Å². The molecule has 0 fully saturated rings. The van der Waals surface area contributed by atoms with Crippen LogP contribution in [0.2, 0.25) is 0 Å². The lowest BCUT2D eigenvalue weighted by molar-refractivity contribution is 0.0939. The fourth-order valence-corrected chi connectivity index (χ4v) is 2.33. The Morgan fingerprint density at radius 3 is 2.94 bits per heavy atom. The number of nitrogen functional groups attached to an aromatic ring is 1. The quantitative estimate of drug-likeness (QED) is 0.834. The third kappa shape index (κ3) is 2.51. The maximum Gasteiger partial charge on any atom is 0.252 e. The predicted molar refractivity (Wildman–Crippen MR) is 73.6 cm³/mol. The number of carbonyl (C=O) groups excluding carboxylic acids is 1. The van der Waals surface area contributed by atoms with Crippen LogP contribution in [-0.4, -0.2) is 10.9 Å². The van der Waals surface area contributed by atoms with Crippen molar-refractivity contribution in [2.24, 2.45) is 0 Å². The number of aromatic nitrogens is 1. The van der Waals surface area contributed by atoms with Gasteiger partial charge in [-0.3, -0.25) is 4.79 Å². The van der Waals surface area contributed by atoms with Gasteiger partial charge < -0.3 is 11.1 Å². The molecule has 0 spiro atoms. The predicted octanol–water partition coefficient (Wildman–Crippen LogP) is 2.52. The molecule has 0 aliphatic rings. The fourth-order valence-electron chi connectivity index (χ4n) is 1.68. The van der Waals surface area contributed by atoms with Crippen LogP contribution in [0.15, 0.2) is 29.8 Å². The van der Waals surface area contributed by atoms with Gasteiger partial charge in [0, 0.05) is 22.8 Å². The molecule has 0 aliphatic heterocycles. The minimum Gasteiger partial charge on any atom is -0.398 e. The van der Waals surface area contributed by atoms with Crippen molar-refractivity contribution in [3.8, 4) is 0 Å². The van der Waals surface area contributed by atoms with Crippen LogP contribution in [0.4, 0.5) is 5.69 Å². The van der Waals surface area contributed by atoms with Gasteiger partial charge in [-0.25, -0.2) is 4.98 Å². The van der Waals surface area contributed by atoms with E-state index in [1.165, 1.54) is 11.3 Å². The molecule has 0 bridgehead atoms. The van der Waals surface area contributed by atoms with Crippen molar-refractivity contribution in [3.63, 3.8) is 0 Å². The Kier molecular flexibility index (Phi) is 3.62. The van der Waals surface area contributed by atoms with Crippen molar-refractivity contribution in [3.05, 3.63) is 45.9 Å². The van der Waals surface area contributed by atoms with Crippen LogP contribution < -0.4 is 11.1 Å². The molecule has 1 atom stereocenters. The standard InChI is InChI=1S/C13H15N3OS/c1-8-10(4-3-5-11(8)14)12(17)16-9(2)13-15-6-7-18-13/h3-7,9H,14H2,1-2H3,(H,16,17). The molecular weight excluding hydrogens is 246 g/mol. The van der Waals surface area contributed by atoms with E-state index in [9.17, 15) is 4.79 Å². The topological polar surface area (TPSA) is 68.0 Å². The van der Waals surface area contributed by atoms with Crippen LogP contribution in [0.25, 0.3) is 0 Å². The van der Waals surface area contributed by atoms with Crippen molar-refractivity contribution in [1.82, 2.24) is 10.3 Å². The number of thiazole rings is 1. The highest BCUT2D eigenvalue weighted by Gasteiger charge is 2.15. The highest BCUT2D eigenvalue weighted by atomic mass is 32.1. The zero-order valence-corrected chi connectivity index (χ0v) is 11.1. The SMILES string of the molecule is Cc1c(N)cccc1C(=O)NC(C)c1nccs1. The monoisotopic (exact) mass is 261 g/mol. The maximum absolute atomic E-state index is 12.1. The average molecular weight is 261 g/mol. The lowest BCUT2D eigenvalue weighted by Gasteiger charge is -2.13. The van der Waals surface area contributed by atoms with Crippen LogP contribution in [0.1, 0.15) is 33.9 Å². The van der Waals surface area contributed by atoms with Crippen molar-refractivity contribution in [2.75, 3.05) is 5.73 Å². The smallest absolute Gasteiger partial charge is 0.252 e. The Balaban J connectivity index is 2.15. The van der Waals surface area contributed by atoms with Crippen LogP contribution in [-0.2, 0) is 0 Å². The van der Waals surface area contributed by atoms with Gasteiger partial charge in [-0.2, -0.15) is 0 Å². The van der Waals surface area contributed by atoms with E-state index in [4.69, 9.17) is 5.73 Å².